The van der Waals surface area contributed by atoms with E-state index in [1.807, 2.05) is 20.8 Å². The third-order valence-electron chi connectivity index (χ3n) is 2.68. The van der Waals surface area contributed by atoms with Crippen molar-refractivity contribution in [2.75, 3.05) is 0 Å². The monoisotopic (exact) mass is 197 g/mol. The molecule has 2 heterocycles. The van der Waals surface area contributed by atoms with Crippen molar-refractivity contribution in [2.24, 2.45) is 0 Å². The Morgan fingerprint density at radius 3 is 2.50 bits per heavy atom. The summed E-state index contributed by atoms with van der Waals surface area (Å²) < 4.78 is 16.9. The Morgan fingerprint density at radius 1 is 1.29 bits per heavy atom. The molecule has 4 atom stereocenters. The Bertz CT molecular complexity index is 271. The van der Waals surface area contributed by atoms with Gasteiger partial charge in [-0.3, -0.25) is 0 Å². The van der Waals surface area contributed by atoms with Crippen LogP contribution in [0.4, 0.5) is 0 Å². The van der Waals surface area contributed by atoms with E-state index < -0.39 is 11.9 Å². The number of hydrogen-bond acceptors (Lipinski definition) is 4. The third-order valence-corrected chi connectivity index (χ3v) is 2.68. The molecule has 0 saturated carbocycles. The van der Waals surface area contributed by atoms with Gasteiger partial charge in [-0.25, -0.2) is 0 Å². The van der Waals surface area contributed by atoms with E-state index in [1.54, 1.807) is 0 Å². The molecule has 0 aromatic carbocycles. The van der Waals surface area contributed by atoms with Gasteiger partial charge in [0, 0.05) is 0 Å². The number of rotatable bonds is 1. The minimum Gasteiger partial charge on any atom is -0.354 e. The number of nitrogens with zero attached hydrogens (tertiary/aromatic N) is 1. The zero-order valence-electron chi connectivity index (χ0n) is 8.69. The van der Waals surface area contributed by atoms with E-state index in [1.165, 1.54) is 0 Å². The molecule has 2 rings (SSSR count). The van der Waals surface area contributed by atoms with Crippen molar-refractivity contribution in [3.05, 3.63) is 0 Å². The largest absolute Gasteiger partial charge is 0.354 e. The van der Waals surface area contributed by atoms with E-state index in [2.05, 4.69) is 6.07 Å². The van der Waals surface area contributed by atoms with E-state index in [0.717, 1.165) is 6.42 Å². The smallest absolute Gasteiger partial charge is 0.173 e. The SMILES string of the molecule is CC[C@H]1O[C@@H](C#N)C2OC(C)(C)O[C@@H]21. The van der Waals surface area contributed by atoms with Crippen LogP contribution in [0, 0.1) is 11.3 Å². The van der Waals surface area contributed by atoms with E-state index >= 15 is 0 Å². The fraction of sp³-hybridized carbons (Fsp3) is 0.900. The van der Waals surface area contributed by atoms with Gasteiger partial charge in [-0.05, 0) is 20.3 Å². The van der Waals surface area contributed by atoms with Gasteiger partial charge in [0.25, 0.3) is 0 Å². The van der Waals surface area contributed by atoms with Gasteiger partial charge >= 0.3 is 0 Å². The van der Waals surface area contributed by atoms with Gasteiger partial charge in [-0.1, -0.05) is 6.92 Å². The molecule has 0 aromatic heterocycles. The molecule has 2 saturated heterocycles. The lowest BCUT2D eigenvalue weighted by atomic mass is 10.1. The minimum atomic E-state index is -0.582. The number of fused-ring (bicyclic) bond motifs is 1. The molecule has 0 N–H and O–H groups in total. The molecular formula is C10H15NO3. The fourth-order valence-electron chi connectivity index (χ4n) is 2.11. The van der Waals surface area contributed by atoms with Crippen molar-refractivity contribution < 1.29 is 14.2 Å². The molecule has 0 aromatic rings. The van der Waals surface area contributed by atoms with Crippen molar-refractivity contribution in [3.63, 3.8) is 0 Å². The highest BCUT2D eigenvalue weighted by Crippen LogP contribution is 2.39. The number of ether oxygens (including phenoxy) is 3. The Balaban J connectivity index is 2.17. The van der Waals surface area contributed by atoms with Crippen LogP contribution >= 0.6 is 0 Å². The van der Waals surface area contributed by atoms with E-state index in [-0.39, 0.29) is 18.3 Å². The molecular weight excluding hydrogens is 182 g/mol. The topological polar surface area (TPSA) is 51.5 Å². The lowest BCUT2D eigenvalue weighted by Gasteiger charge is -2.21. The molecule has 0 spiro atoms. The first-order chi connectivity index (χ1) is 6.57. The Morgan fingerprint density at radius 2 is 1.93 bits per heavy atom. The molecule has 4 heteroatoms. The van der Waals surface area contributed by atoms with Gasteiger partial charge < -0.3 is 14.2 Å². The second kappa shape index (κ2) is 3.20. The maximum Gasteiger partial charge on any atom is 0.173 e. The van der Waals surface area contributed by atoms with Crippen LogP contribution in [0.5, 0.6) is 0 Å². The first-order valence-corrected chi connectivity index (χ1v) is 4.98. The molecule has 0 bridgehead atoms. The second-order valence-corrected chi connectivity index (χ2v) is 4.20. The summed E-state index contributed by atoms with van der Waals surface area (Å²) in [6, 6.07) is 2.11. The standard InChI is InChI=1S/C10H15NO3/c1-4-6-8-9(7(5-11)12-6)14-10(2,3)13-8/h6-9H,4H2,1-3H3/t6-,7+,8-,9?/m1/s1. The Kier molecular flexibility index (Phi) is 2.26. The van der Waals surface area contributed by atoms with Crippen LogP contribution in [0.2, 0.25) is 0 Å². The molecule has 0 amide bonds. The average molecular weight is 197 g/mol. The van der Waals surface area contributed by atoms with Gasteiger partial charge in [0.05, 0.1) is 12.2 Å². The zero-order valence-corrected chi connectivity index (χ0v) is 8.69. The molecule has 14 heavy (non-hydrogen) atoms. The molecule has 4 nitrogen and oxygen atoms in total. The Labute approximate surface area is 83.7 Å². The van der Waals surface area contributed by atoms with Crippen LogP contribution in [0.25, 0.3) is 0 Å². The summed E-state index contributed by atoms with van der Waals surface area (Å²) in [6.45, 7) is 5.76. The van der Waals surface area contributed by atoms with Crippen LogP contribution in [0.3, 0.4) is 0 Å². The van der Waals surface area contributed by atoms with E-state index in [4.69, 9.17) is 19.5 Å². The summed E-state index contributed by atoms with van der Waals surface area (Å²) in [7, 11) is 0. The summed E-state index contributed by atoms with van der Waals surface area (Å²) >= 11 is 0. The summed E-state index contributed by atoms with van der Waals surface area (Å²) in [5.41, 5.74) is 0. The molecule has 1 unspecified atom stereocenters. The number of hydrogen-bond donors (Lipinski definition) is 0. The van der Waals surface area contributed by atoms with Crippen molar-refractivity contribution >= 4 is 0 Å². The molecule has 78 valence electrons. The average Bonchev–Trinajstić information content (AvgIpc) is 2.57. The van der Waals surface area contributed by atoms with Crippen molar-refractivity contribution in [2.45, 2.75) is 57.4 Å². The van der Waals surface area contributed by atoms with Crippen LogP contribution in [-0.2, 0) is 14.2 Å². The van der Waals surface area contributed by atoms with E-state index in [9.17, 15) is 0 Å². The highest BCUT2D eigenvalue weighted by molar-refractivity contribution is 5.05. The summed E-state index contributed by atoms with van der Waals surface area (Å²) in [4.78, 5) is 0. The maximum absolute atomic E-state index is 8.89. The highest BCUT2D eigenvalue weighted by Gasteiger charge is 2.54. The third kappa shape index (κ3) is 1.42. The highest BCUT2D eigenvalue weighted by atomic mass is 16.8. The second-order valence-electron chi connectivity index (χ2n) is 4.20. The van der Waals surface area contributed by atoms with Crippen LogP contribution in [-0.4, -0.2) is 30.2 Å². The first-order valence-electron chi connectivity index (χ1n) is 4.98. The summed E-state index contributed by atoms with van der Waals surface area (Å²) in [5, 5.41) is 8.89. The van der Waals surface area contributed by atoms with Crippen molar-refractivity contribution in [3.8, 4) is 6.07 Å². The molecule has 2 aliphatic heterocycles. The van der Waals surface area contributed by atoms with Gasteiger partial charge in [-0.15, -0.1) is 0 Å². The van der Waals surface area contributed by atoms with Gasteiger partial charge in [0.15, 0.2) is 11.9 Å². The number of nitriles is 1. The zero-order chi connectivity index (χ0) is 10.3. The Hall–Kier alpha value is -0.630. The van der Waals surface area contributed by atoms with Crippen molar-refractivity contribution in [1.29, 1.82) is 5.26 Å². The quantitative estimate of drug-likeness (QED) is 0.634. The lowest BCUT2D eigenvalue weighted by Crippen LogP contribution is -2.28. The van der Waals surface area contributed by atoms with Crippen molar-refractivity contribution in [1.82, 2.24) is 0 Å². The molecule has 0 radical (unpaired) electrons. The first kappa shape index (κ1) is 9.91. The molecule has 2 aliphatic rings. The van der Waals surface area contributed by atoms with Crippen LogP contribution in [0.1, 0.15) is 27.2 Å². The summed E-state index contributed by atoms with van der Waals surface area (Å²) in [6.07, 6.45) is 0.0523. The van der Waals surface area contributed by atoms with Gasteiger partial charge in [0.2, 0.25) is 0 Å². The maximum atomic E-state index is 8.89. The predicted octanol–water partition coefficient (Wildman–Crippen LogP) is 1.21. The lowest BCUT2D eigenvalue weighted by molar-refractivity contribution is -0.181. The minimum absolute atomic E-state index is 0.00794. The van der Waals surface area contributed by atoms with Gasteiger partial charge in [0.1, 0.15) is 12.2 Å². The normalized spacial score (nSPS) is 44.7. The molecule has 2 fully saturated rings. The predicted molar refractivity (Wildman–Crippen MR) is 48.4 cm³/mol. The summed E-state index contributed by atoms with van der Waals surface area (Å²) in [5.74, 6) is -0.582. The van der Waals surface area contributed by atoms with Crippen LogP contribution < -0.4 is 0 Å². The van der Waals surface area contributed by atoms with Crippen LogP contribution in [0.15, 0.2) is 0 Å². The molecule has 0 aliphatic carbocycles. The fourth-order valence-corrected chi connectivity index (χ4v) is 2.11. The van der Waals surface area contributed by atoms with Gasteiger partial charge in [-0.2, -0.15) is 5.26 Å². The van der Waals surface area contributed by atoms with E-state index in [0.29, 0.717) is 0 Å².